The number of rotatable bonds is 3. The van der Waals surface area contributed by atoms with Crippen LogP contribution >= 0.6 is 0 Å². The molecule has 0 fully saturated rings. The standard InChI is InChI=1S/C15H14N4O/c1-10(2)15-17-14(18-20-15)9-19-7-6-12-11(8-16)4-3-5-13(12)19/h3-7,10H,9H2,1-2H3. The fourth-order valence-electron chi connectivity index (χ4n) is 2.18. The Balaban J connectivity index is 1.97. The molecule has 100 valence electrons. The minimum absolute atomic E-state index is 0.225. The molecule has 0 saturated heterocycles. The quantitative estimate of drug-likeness (QED) is 0.730. The molecule has 0 aliphatic heterocycles. The molecule has 3 rings (SSSR count). The fourth-order valence-corrected chi connectivity index (χ4v) is 2.18. The molecule has 0 atom stereocenters. The summed E-state index contributed by atoms with van der Waals surface area (Å²) < 4.78 is 7.22. The van der Waals surface area contributed by atoms with Crippen LogP contribution < -0.4 is 0 Å². The molecule has 0 unspecified atom stereocenters. The molecule has 0 saturated carbocycles. The smallest absolute Gasteiger partial charge is 0.229 e. The highest BCUT2D eigenvalue weighted by molar-refractivity contribution is 5.86. The number of hydrogen-bond donors (Lipinski definition) is 0. The van der Waals surface area contributed by atoms with E-state index in [1.54, 1.807) is 0 Å². The molecule has 0 amide bonds. The maximum absolute atomic E-state index is 9.10. The number of hydrogen-bond acceptors (Lipinski definition) is 4. The van der Waals surface area contributed by atoms with Crippen molar-refractivity contribution >= 4 is 10.9 Å². The number of fused-ring (bicyclic) bond motifs is 1. The summed E-state index contributed by atoms with van der Waals surface area (Å²) >= 11 is 0. The van der Waals surface area contributed by atoms with E-state index < -0.39 is 0 Å². The van der Waals surface area contributed by atoms with Gasteiger partial charge in [-0.1, -0.05) is 25.1 Å². The molecular formula is C15H14N4O. The van der Waals surface area contributed by atoms with Crippen molar-refractivity contribution in [3.63, 3.8) is 0 Å². The lowest BCUT2D eigenvalue weighted by molar-refractivity contribution is 0.360. The molecule has 1 aromatic carbocycles. The number of benzene rings is 1. The summed E-state index contributed by atoms with van der Waals surface area (Å²) in [6.45, 7) is 4.57. The average molecular weight is 266 g/mol. The first-order valence-electron chi connectivity index (χ1n) is 6.49. The van der Waals surface area contributed by atoms with Gasteiger partial charge < -0.3 is 9.09 Å². The van der Waals surface area contributed by atoms with Gasteiger partial charge in [0.2, 0.25) is 5.89 Å². The molecule has 0 spiro atoms. The van der Waals surface area contributed by atoms with Crippen LogP contribution in [0.4, 0.5) is 0 Å². The number of aromatic nitrogens is 3. The zero-order valence-corrected chi connectivity index (χ0v) is 11.4. The molecule has 20 heavy (non-hydrogen) atoms. The van der Waals surface area contributed by atoms with E-state index in [-0.39, 0.29) is 5.92 Å². The van der Waals surface area contributed by atoms with Gasteiger partial charge in [-0.15, -0.1) is 0 Å². The third kappa shape index (κ3) is 2.05. The maximum atomic E-state index is 9.10. The third-order valence-corrected chi connectivity index (χ3v) is 3.22. The van der Waals surface area contributed by atoms with Crippen LogP contribution in [0.5, 0.6) is 0 Å². The number of nitriles is 1. The van der Waals surface area contributed by atoms with E-state index in [1.807, 2.05) is 48.9 Å². The van der Waals surface area contributed by atoms with Crippen molar-refractivity contribution in [3.05, 3.63) is 47.7 Å². The summed E-state index contributed by atoms with van der Waals surface area (Å²) in [4.78, 5) is 4.37. The van der Waals surface area contributed by atoms with E-state index in [1.165, 1.54) is 0 Å². The minimum atomic E-state index is 0.225. The SMILES string of the molecule is CC(C)c1nc(Cn2ccc3c(C#N)cccc32)no1. The van der Waals surface area contributed by atoms with Gasteiger partial charge in [0.05, 0.1) is 18.2 Å². The van der Waals surface area contributed by atoms with Gasteiger partial charge in [0.1, 0.15) is 0 Å². The van der Waals surface area contributed by atoms with Crippen LogP contribution in [0.25, 0.3) is 10.9 Å². The zero-order chi connectivity index (χ0) is 14.1. The summed E-state index contributed by atoms with van der Waals surface area (Å²) in [5.41, 5.74) is 1.68. The Kier molecular flexibility index (Phi) is 2.99. The highest BCUT2D eigenvalue weighted by atomic mass is 16.5. The lowest BCUT2D eigenvalue weighted by Gasteiger charge is -2.01. The predicted molar refractivity (Wildman–Crippen MR) is 74.1 cm³/mol. The van der Waals surface area contributed by atoms with Crippen LogP contribution in [0, 0.1) is 11.3 Å². The summed E-state index contributed by atoms with van der Waals surface area (Å²) in [6.07, 6.45) is 1.94. The molecule has 0 aliphatic carbocycles. The summed E-state index contributed by atoms with van der Waals surface area (Å²) in [5.74, 6) is 1.52. The average Bonchev–Trinajstić information content (AvgIpc) is 3.06. The number of nitrogens with zero attached hydrogens (tertiary/aromatic N) is 4. The first kappa shape index (κ1) is 12.4. The second kappa shape index (κ2) is 4.82. The van der Waals surface area contributed by atoms with E-state index in [0.29, 0.717) is 23.8 Å². The molecule has 2 heterocycles. The lowest BCUT2D eigenvalue weighted by atomic mass is 10.1. The van der Waals surface area contributed by atoms with Crippen molar-refractivity contribution in [3.8, 4) is 6.07 Å². The summed E-state index contributed by atoms with van der Waals surface area (Å²) in [5, 5.41) is 14.0. The molecular weight excluding hydrogens is 252 g/mol. The molecule has 0 radical (unpaired) electrons. The van der Waals surface area contributed by atoms with E-state index in [9.17, 15) is 0 Å². The van der Waals surface area contributed by atoms with Crippen LogP contribution in [0.15, 0.2) is 35.0 Å². The van der Waals surface area contributed by atoms with Gasteiger partial charge >= 0.3 is 0 Å². The first-order chi connectivity index (χ1) is 9.69. The second-order valence-electron chi connectivity index (χ2n) is 5.00. The fraction of sp³-hybridized carbons (Fsp3) is 0.267. The van der Waals surface area contributed by atoms with Crippen molar-refractivity contribution in [2.45, 2.75) is 26.3 Å². The van der Waals surface area contributed by atoms with Gasteiger partial charge in [0, 0.05) is 23.0 Å². The van der Waals surface area contributed by atoms with Crippen molar-refractivity contribution in [1.82, 2.24) is 14.7 Å². The van der Waals surface area contributed by atoms with Gasteiger partial charge in [-0.2, -0.15) is 10.2 Å². The predicted octanol–water partition coefficient (Wildman–Crippen LogP) is 3.07. The molecule has 0 bridgehead atoms. The molecule has 2 aromatic heterocycles. The Hall–Kier alpha value is -2.61. The van der Waals surface area contributed by atoms with Crippen LogP contribution in [0.2, 0.25) is 0 Å². The normalized spacial score (nSPS) is 11.1. The molecule has 3 aromatic rings. The van der Waals surface area contributed by atoms with Crippen LogP contribution in [0.3, 0.4) is 0 Å². The van der Waals surface area contributed by atoms with Crippen molar-refractivity contribution in [2.24, 2.45) is 0 Å². The monoisotopic (exact) mass is 266 g/mol. The van der Waals surface area contributed by atoms with Crippen LogP contribution in [-0.2, 0) is 6.54 Å². The Morgan fingerprint density at radius 1 is 1.35 bits per heavy atom. The summed E-state index contributed by atoms with van der Waals surface area (Å²) in [7, 11) is 0. The van der Waals surface area contributed by atoms with Crippen molar-refractivity contribution < 1.29 is 4.52 Å². The lowest BCUT2D eigenvalue weighted by Crippen LogP contribution is -2.00. The van der Waals surface area contributed by atoms with E-state index in [4.69, 9.17) is 9.78 Å². The van der Waals surface area contributed by atoms with Crippen LogP contribution in [-0.4, -0.2) is 14.7 Å². The van der Waals surface area contributed by atoms with Gasteiger partial charge in [-0.25, -0.2) is 0 Å². The zero-order valence-electron chi connectivity index (χ0n) is 11.4. The Bertz CT molecular complexity index is 792. The van der Waals surface area contributed by atoms with Crippen LogP contribution in [0.1, 0.15) is 37.0 Å². The van der Waals surface area contributed by atoms with E-state index >= 15 is 0 Å². The van der Waals surface area contributed by atoms with Gasteiger partial charge in [-0.05, 0) is 18.2 Å². The highest BCUT2D eigenvalue weighted by Gasteiger charge is 2.11. The van der Waals surface area contributed by atoms with Crippen molar-refractivity contribution in [1.29, 1.82) is 5.26 Å². The van der Waals surface area contributed by atoms with Crippen molar-refractivity contribution in [2.75, 3.05) is 0 Å². The third-order valence-electron chi connectivity index (χ3n) is 3.22. The second-order valence-corrected chi connectivity index (χ2v) is 5.00. The largest absolute Gasteiger partial charge is 0.340 e. The van der Waals surface area contributed by atoms with Gasteiger partial charge in [0.15, 0.2) is 5.82 Å². The molecule has 5 nitrogen and oxygen atoms in total. The topological polar surface area (TPSA) is 67.6 Å². The highest BCUT2D eigenvalue weighted by Crippen LogP contribution is 2.20. The summed E-state index contributed by atoms with van der Waals surface area (Å²) in [6, 6.07) is 9.83. The van der Waals surface area contributed by atoms with E-state index in [2.05, 4.69) is 16.2 Å². The minimum Gasteiger partial charge on any atom is -0.340 e. The van der Waals surface area contributed by atoms with Gasteiger partial charge in [-0.3, -0.25) is 0 Å². The van der Waals surface area contributed by atoms with Gasteiger partial charge in [0.25, 0.3) is 0 Å². The molecule has 0 N–H and O–H groups in total. The Labute approximate surface area is 116 Å². The first-order valence-corrected chi connectivity index (χ1v) is 6.49. The molecule has 5 heteroatoms. The Morgan fingerprint density at radius 2 is 2.20 bits per heavy atom. The maximum Gasteiger partial charge on any atom is 0.229 e. The Morgan fingerprint density at radius 3 is 2.90 bits per heavy atom. The van der Waals surface area contributed by atoms with E-state index in [0.717, 1.165) is 10.9 Å². The molecule has 0 aliphatic rings.